The van der Waals surface area contributed by atoms with E-state index in [1.54, 1.807) is 18.6 Å². The Morgan fingerprint density at radius 2 is 2.00 bits per heavy atom. The maximum Gasteiger partial charge on any atom is 0.290 e. The van der Waals surface area contributed by atoms with Crippen LogP contribution in [-0.2, 0) is 12.8 Å². The van der Waals surface area contributed by atoms with Crippen molar-refractivity contribution in [2.24, 2.45) is 0 Å². The first kappa shape index (κ1) is 15.5. The number of hydrogen-bond donors (Lipinski definition) is 2. The van der Waals surface area contributed by atoms with Crippen molar-refractivity contribution in [3.8, 4) is 0 Å². The molecule has 0 bridgehead atoms. The third kappa shape index (κ3) is 3.28. The average molecular weight is 333 g/mol. The smallest absolute Gasteiger partial charge is 0.290 e. The van der Waals surface area contributed by atoms with Crippen molar-refractivity contribution < 1.29 is 0 Å². The highest BCUT2D eigenvalue weighted by atomic mass is 16.1. The van der Waals surface area contributed by atoms with Crippen molar-refractivity contribution in [1.29, 1.82) is 0 Å². The van der Waals surface area contributed by atoms with E-state index in [0.717, 1.165) is 48.3 Å². The van der Waals surface area contributed by atoms with Crippen LogP contribution in [-0.4, -0.2) is 19.9 Å². The monoisotopic (exact) mass is 333 g/mol. The zero-order chi connectivity index (χ0) is 17.1. The molecule has 3 aromatic rings. The van der Waals surface area contributed by atoms with Crippen LogP contribution >= 0.6 is 0 Å². The van der Waals surface area contributed by atoms with Gasteiger partial charge in [0, 0.05) is 24.3 Å². The molecule has 1 aliphatic rings. The summed E-state index contributed by atoms with van der Waals surface area (Å²) in [5.41, 5.74) is 3.51. The van der Waals surface area contributed by atoms with Crippen LogP contribution in [0.2, 0.25) is 0 Å². The molecule has 0 spiro atoms. The van der Waals surface area contributed by atoms with Crippen molar-refractivity contribution in [2.75, 3.05) is 5.32 Å². The van der Waals surface area contributed by atoms with Crippen LogP contribution in [0.3, 0.4) is 0 Å². The van der Waals surface area contributed by atoms with E-state index in [-0.39, 0.29) is 11.6 Å². The minimum Gasteiger partial charge on any atom is -0.353 e. The molecule has 1 atom stereocenters. The molecule has 6 nitrogen and oxygen atoms in total. The van der Waals surface area contributed by atoms with Gasteiger partial charge in [-0.05, 0) is 49.4 Å². The number of nitrogens with one attached hydrogen (secondary N) is 2. The Morgan fingerprint density at radius 1 is 1.08 bits per heavy atom. The van der Waals surface area contributed by atoms with Gasteiger partial charge in [-0.3, -0.25) is 14.8 Å². The molecule has 4 rings (SSSR count). The summed E-state index contributed by atoms with van der Waals surface area (Å²) in [6.07, 6.45) is 9.25. The van der Waals surface area contributed by atoms with Gasteiger partial charge in [-0.25, -0.2) is 4.98 Å². The van der Waals surface area contributed by atoms with Gasteiger partial charge in [0.25, 0.3) is 5.56 Å². The normalized spacial score (nSPS) is 14.6. The molecule has 1 unspecified atom stereocenters. The Bertz CT molecular complexity index is 869. The summed E-state index contributed by atoms with van der Waals surface area (Å²) in [7, 11) is 0. The second kappa shape index (κ2) is 6.84. The summed E-state index contributed by atoms with van der Waals surface area (Å²) in [6.45, 7) is 0. The van der Waals surface area contributed by atoms with Gasteiger partial charge in [0.1, 0.15) is 0 Å². The molecule has 0 aromatic carbocycles. The quantitative estimate of drug-likeness (QED) is 0.767. The first-order valence-electron chi connectivity index (χ1n) is 8.51. The lowest BCUT2D eigenvalue weighted by atomic mass is 10.0. The van der Waals surface area contributed by atoms with Gasteiger partial charge < -0.3 is 10.3 Å². The van der Waals surface area contributed by atoms with Gasteiger partial charge in [-0.1, -0.05) is 12.1 Å². The van der Waals surface area contributed by atoms with Crippen LogP contribution in [0.4, 0.5) is 5.82 Å². The third-order valence-electron chi connectivity index (χ3n) is 4.45. The topological polar surface area (TPSA) is 83.6 Å². The second-order valence-corrected chi connectivity index (χ2v) is 6.17. The van der Waals surface area contributed by atoms with Crippen molar-refractivity contribution in [2.45, 2.75) is 31.7 Å². The van der Waals surface area contributed by atoms with Crippen molar-refractivity contribution in [3.63, 3.8) is 0 Å². The van der Waals surface area contributed by atoms with Gasteiger partial charge in [0.05, 0.1) is 17.4 Å². The van der Waals surface area contributed by atoms with E-state index in [1.165, 1.54) is 0 Å². The largest absolute Gasteiger partial charge is 0.353 e. The number of anilines is 1. The number of fused-ring (bicyclic) bond motifs is 1. The number of H-pyrrole nitrogens is 1. The van der Waals surface area contributed by atoms with Crippen molar-refractivity contribution in [3.05, 3.63) is 81.9 Å². The minimum atomic E-state index is -0.287. The van der Waals surface area contributed by atoms with E-state index in [4.69, 9.17) is 0 Å². The Labute approximate surface area is 145 Å². The summed E-state index contributed by atoms with van der Waals surface area (Å²) in [5, 5.41) is 3.27. The van der Waals surface area contributed by atoms with Gasteiger partial charge in [0.2, 0.25) is 0 Å². The average Bonchev–Trinajstić information content (AvgIpc) is 2.67. The number of pyridine rings is 2. The maximum absolute atomic E-state index is 12.5. The van der Waals surface area contributed by atoms with Crippen LogP contribution < -0.4 is 10.9 Å². The highest BCUT2D eigenvalue weighted by Crippen LogP contribution is 2.24. The predicted molar refractivity (Wildman–Crippen MR) is 95.4 cm³/mol. The Hall–Kier alpha value is -3.02. The molecule has 0 saturated heterocycles. The molecule has 6 heteroatoms. The summed E-state index contributed by atoms with van der Waals surface area (Å²) < 4.78 is 0. The molecule has 0 aliphatic heterocycles. The fraction of sp³-hybridized carbons (Fsp3) is 0.263. The fourth-order valence-corrected chi connectivity index (χ4v) is 3.19. The highest BCUT2D eigenvalue weighted by Gasteiger charge is 2.20. The number of aromatic amines is 1. The lowest BCUT2D eigenvalue weighted by Crippen LogP contribution is -2.25. The minimum absolute atomic E-state index is 0.189. The molecule has 1 aliphatic carbocycles. The third-order valence-corrected chi connectivity index (χ3v) is 4.45. The molecule has 3 heterocycles. The number of nitrogens with zero attached hydrogens (tertiary/aromatic N) is 3. The van der Waals surface area contributed by atoms with E-state index in [2.05, 4.69) is 25.3 Å². The van der Waals surface area contributed by atoms with Crippen LogP contribution in [0, 0.1) is 0 Å². The Balaban J connectivity index is 1.73. The summed E-state index contributed by atoms with van der Waals surface area (Å²) in [4.78, 5) is 28.7. The first-order chi connectivity index (χ1) is 12.3. The molecular formula is C19H19N5O. The van der Waals surface area contributed by atoms with E-state index < -0.39 is 0 Å². The standard InChI is InChI=1S/C19H19N5O/c25-19-18(22-14-7-1-2-8-15(14)23-19)24-17(13-6-5-10-20-12-13)16-9-3-4-11-21-16/h3-6,9-12,17H,1-2,7-8H2,(H,22,24)(H,23,25). The number of aryl methyl sites for hydroxylation is 2. The Kier molecular flexibility index (Phi) is 4.24. The Morgan fingerprint density at radius 3 is 2.80 bits per heavy atom. The molecule has 25 heavy (non-hydrogen) atoms. The first-order valence-corrected chi connectivity index (χ1v) is 8.51. The molecule has 0 amide bonds. The fourth-order valence-electron chi connectivity index (χ4n) is 3.19. The van der Waals surface area contributed by atoms with E-state index >= 15 is 0 Å². The lowest BCUT2D eigenvalue weighted by Gasteiger charge is -2.20. The maximum atomic E-state index is 12.5. The SMILES string of the molecule is O=c1[nH]c2c(nc1NC(c1cccnc1)c1ccccn1)CCCC2. The predicted octanol–water partition coefficient (Wildman–Crippen LogP) is 2.64. The number of hydrogen-bond acceptors (Lipinski definition) is 5. The number of rotatable bonds is 4. The second-order valence-electron chi connectivity index (χ2n) is 6.17. The van der Waals surface area contributed by atoms with Gasteiger partial charge >= 0.3 is 0 Å². The van der Waals surface area contributed by atoms with Crippen molar-refractivity contribution in [1.82, 2.24) is 19.9 Å². The van der Waals surface area contributed by atoms with Gasteiger partial charge in [-0.15, -0.1) is 0 Å². The van der Waals surface area contributed by atoms with E-state index in [9.17, 15) is 4.79 Å². The molecule has 0 fully saturated rings. The molecule has 3 aromatic heterocycles. The number of aromatic nitrogens is 4. The van der Waals surface area contributed by atoms with Gasteiger partial charge in [0.15, 0.2) is 5.82 Å². The molecule has 2 N–H and O–H groups in total. The zero-order valence-corrected chi connectivity index (χ0v) is 13.8. The highest BCUT2D eigenvalue weighted by molar-refractivity contribution is 5.42. The summed E-state index contributed by atoms with van der Waals surface area (Å²) >= 11 is 0. The van der Waals surface area contributed by atoms with Crippen LogP contribution in [0.5, 0.6) is 0 Å². The lowest BCUT2D eigenvalue weighted by molar-refractivity contribution is 0.645. The molecule has 0 radical (unpaired) electrons. The molecular weight excluding hydrogens is 314 g/mol. The molecule has 0 saturated carbocycles. The van der Waals surface area contributed by atoms with Crippen LogP contribution in [0.1, 0.15) is 41.5 Å². The molecule has 126 valence electrons. The van der Waals surface area contributed by atoms with Gasteiger partial charge in [-0.2, -0.15) is 0 Å². The summed E-state index contributed by atoms with van der Waals surface area (Å²) in [5.74, 6) is 0.333. The summed E-state index contributed by atoms with van der Waals surface area (Å²) in [6, 6.07) is 9.27. The van der Waals surface area contributed by atoms with Crippen molar-refractivity contribution >= 4 is 5.82 Å². The van der Waals surface area contributed by atoms with Crippen LogP contribution in [0.25, 0.3) is 0 Å². The zero-order valence-electron chi connectivity index (χ0n) is 13.8. The van der Waals surface area contributed by atoms with Crippen LogP contribution in [0.15, 0.2) is 53.7 Å². The van der Waals surface area contributed by atoms with E-state index in [1.807, 2.05) is 30.3 Å². The van der Waals surface area contributed by atoms with E-state index in [0.29, 0.717) is 5.82 Å².